The Kier molecular flexibility index (Phi) is 5.20. The number of aromatic nitrogens is 4. The molecule has 0 unspecified atom stereocenters. The molecule has 128 valence electrons. The second-order valence-electron chi connectivity index (χ2n) is 6.22. The second kappa shape index (κ2) is 7.53. The van der Waals surface area contributed by atoms with Crippen molar-refractivity contribution >= 4 is 11.6 Å². The second-order valence-corrected chi connectivity index (χ2v) is 6.22. The highest BCUT2D eigenvalue weighted by molar-refractivity contribution is 5.97. The minimum atomic E-state index is -0.134. The molecule has 7 heteroatoms. The van der Waals surface area contributed by atoms with E-state index in [9.17, 15) is 4.79 Å². The van der Waals surface area contributed by atoms with Crippen molar-refractivity contribution < 1.29 is 4.79 Å². The molecule has 1 aliphatic heterocycles. The van der Waals surface area contributed by atoms with Crippen LogP contribution in [0.3, 0.4) is 0 Å². The first kappa shape index (κ1) is 16.6. The van der Waals surface area contributed by atoms with Crippen LogP contribution in [0.1, 0.15) is 32.0 Å². The first-order valence-corrected chi connectivity index (χ1v) is 8.52. The Balaban J connectivity index is 1.71. The number of nitrogens with zero attached hydrogens (tertiary/aromatic N) is 6. The first-order chi connectivity index (χ1) is 11.7. The number of anilines is 1. The monoisotopic (exact) mass is 328 g/mol. The van der Waals surface area contributed by atoms with Crippen molar-refractivity contribution in [1.82, 2.24) is 25.1 Å². The summed E-state index contributed by atoms with van der Waals surface area (Å²) in [6.07, 6.45) is 2.84. The first-order valence-electron chi connectivity index (χ1n) is 8.52. The number of aryl methyl sites for hydroxylation is 1. The standard InChI is InChI=1S/C17H24N6O/c1-3-11-23-16(18-19-20-23)13-21(2)15-10-7-12-22(17(15)24)14-8-5-4-6-9-14/h4-6,8-9,15H,3,7,10-13H2,1-2H3/t15-/m0/s1. The molecule has 0 radical (unpaired) electrons. The van der Waals surface area contributed by atoms with Crippen molar-refractivity contribution in [2.45, 2.75) is 45.3 Å². The van der Waals surface area contributed by atoms with E-state index in [0.717, 1.165) is 43.9 Å². The van der Waals surface area contributed by atoms with Gasteiger partial charge in [-0.1, -0.05) is 25.1 Å². The Morgan fingerprint density at radius 1 is 1.29 bits per heavy atom. The van der Waals surface area contributed by atoms with Gasteiger partial charge in [-0.2, -0.15) is 0 Å². The van der Waals surface area contributed by atoms with Crippen molar-refractivity contribution in [2.24, 2.45) is 0 Å². The van der Waals surface area contributed by atoms with Crippen LogP contribution in [0.15, 0.2) is 30.3 Å². The van der Waals surface area contributed by atoms with Gasteiger partial charge >= 0.3 is 0 Å². The Morgan fingerprint density at radius 3 is 2.83 bits per heavy atom. The van der Waals surface area contributed by atoms with Crippen LogP contribution in [-0.2, 0) is 17.9 Å². The maximum atomic E-state index is 12.9. The topological polar surface area (TPSA) is 67.2 Å². The van der Waals surface area contributed by atoms with E-state index in [-0.39, 0.29) is 11.9 Å². The molecule has 1 fully saturated rings. The van der Waals surface area contributed by atoms with Gasteiger partial charge in [-0.3, -0.25) is 9.69 Å². The fourth-order valence-electron chi connectivity index (χ4n) is 3.18. The van der Waals surface area contributed by atoms with Crippen LogP contribution in [-0.4, -0.2) is 50.6 Å². The predicted molar refractivity (Wildman–Crippen MR) is 91.4 cm³/mol. The van der Waals surface area contributed by atoms with E-state index in [0.29, 0.717) is 6.54 Å². The smallest absolute Gasteiger partial charge is 0.244 e. The average molecular weight is 328 g/mol. The molecule has 24 heavy (non-hydrogen) atoms. The van der Waals surface area contributed by atoms with Crippen LogP contribution < -0.4 is 4.90 Å². The lowest BCUT2D eigenvalue weighted by molar-refractivity contribution is -0.125. The molecule has 0 aliphatic carbocycles. The summed E-state index contributed by atoms with van der Waals surface area (Å²) in [5, 5.41) is 11.9. The Hall–Kier alpha value is -2.28. The molecule has 7 nitrogen and oxygen atoms in total. The van der Waals surface area contributed by atoms with E-state index < -0.39 is 0 Å². The van der Waals surface area contributed by atoms with E-state index in [1.807, 2.05) is 47.0 Å². The molecule has 3 rings (SSSR count). The SMILES string of the molecule is CCCn1nnnc1CN(C)[C@H]1CCCN(c2ccccc2)C1=O. The largest absolute Gasteiger partial charge is 0.311 e. The minimum absolute atomic E-state index is 0.134. The third-order valence-corrected chi connectivity index (χ3v) is 4.44. The van der Waals surface area contributed by atoms with Gasteiger partial charge in [0.15, 0.2) is 5.82 Å². The molecule has 1 atom stereocenters. The zero-order valence-electron chi connectivity index (χ0n) is 14.3. The summed E-state index contributed by atoms with van der Waals surface area (Å²) >= 11 is 0. The summed E-state index contributed by atoms with van der Waals surface area (Å²) in [5.41, 5.74) is 0.969. The van der Waals surface area contributed by atoms with Crippen LogP contribution in [0.2, 0.25) is 0 Å². The lowest BCUT2D eigenvalue weighted by Crippen LogP contribution is -2.51. The number of hydrogen-bond donors (Lipinski definition) is 0. The van der Waals surface area contributed by atoms with E-state index in [1.165, 1.54) is 0 Å². The van der Waals surface area contributed by atoms with Crippen molar-refractivity contribution in [2.75, 3.05) is 18.5 Å². The van der Waals surface area contributed by atoms with E-state index >= 15 is 0 Å². The lowest BCUT2D eigenvalue weighted by Gasteiger charge is -2.36. The number of carbonyl (C=O) groups excluding carboxylic acids is 1. The van der Waals surface area contributed by atoms with Gasteiger partial charge in [-0.25, -0.2) is 4.68 Å². The highest BCUT2D eigenvalue weighted by Crippen LogP contribution is 2.23. The van der Waals surface area contributed by atoms with Crippen LogP contribution in [0.4, 0.5) is 5.69 Å². The molecule has 0 spiro atoms. The molecule has 1 aliphatic rings. The number of rotatable bonds is 6. The maximum absolute atomic E-state index is 12.9. The molecule has 0 N–H and O–H groups in total. The van der Waals surface area contributed by atoms with E-state index in [4.69, 9.17) is 0 Å². The number of hydrogen-bond acceptors (Lipinski definition) is 5. The van der Waals surface area contributed by atoms with Gasteiger partial charge in [-0.15, -0.1) is 5.10 Å². The van der Waals surface area contributed by atoms with Crippen molar-refractivity contribution in [1.29, 1.82) is 0 Å². The number of carbonyl (C=O) groups is 1. The van der Waals surface area contributed by atoms with Crippen LogP contribution in [0, 0.1) is 0 Å². The zero-order chi connectivity index (χ0) is 16.9. The van der Waals surface area contributed by atoms with Crippen LogP contribution >= 0.6 is 0 Å². The molecular weight excluding hydrogens is 304 g/mol. The third kappa shape index (κ3) is 3.46. The normalized spacial score (nSPS) is 18.4. The highest BCUT2D eigenvalue weighted by atomic mass is 16.2. The predicted octanol–water partition coefficient (Wildman–Crippen LogP) is 1.71. The van der Waals surface area contributed by atoms with Gasteiger partial charge in [0.05, 0.1) is 12.6 Å². The van der Waals surface area contributed by atoms with Crippen molar-refractivity contribution in [3.8, 4) is 0 Å². The number of piperidine rings is 1. The molecule has 2 aromatic rings. The average Bonchev–Trinajstić information content (AvgIpc) is 3.03. The summed E-state index contributed by atoms with van der Waals surface area (Å²) in [6, 6.07) is 9.74. The van der Waals surface area contributed by atoms with Gasteiger partial charge in [-0.05, 0) is 48.9 Å². The molecule has 0 bridgehead atoms. The summed E-state index contributed by atoms with van der Waals surface area (Å²) < 4.78 is 1.82. The van der Waals surface area contributed by atoms with E-state index in [2.05, 4.69) is 27.3 Å². The Labute approximate surface area is 142 Å². The number of amides is 1. The molecular formula is C17H24N6O. The number of likely N-dealkylation sites (N-methyl/N-ethyl adjacent to an activating group) is 1. The van der Waals surface area contributed by atoms with Crippen LogP contribution in [0.5, 0.6) is 0 Å². The molecule has 2 heterocycles. The third-order valence-electron chi connectivity index (χ3n) is 4.44. The van der Waals surface area contributed by atoms with E-state index in [1.54, 1.807) is 0 Å². The van der Waals surface area contributed by atoms with Crippen LogP contribution in [0.25, 0.3) is 0 Å². The number of benzene rings is 1. The Bertz CT molecular complexity index is 671. The maximum Gasteiger partial charge on any atom is 0.244 e. The van der Waals surface area contributed by atoms with Crippen molar-refractivity contribution in [3.05, 3.63) is 36.2 Å². The van der Waals surface area contributed by atoms with Gasteiger partial charge in [0.1, 0.15) is 0 Å². The minimum Gasteiger partial charge on any atom is -0.311 e. The molecule has 0 saturated carbocycles. The number of para-hydroxylation sites is 1. The number of tetrazole rings is 1. The molecule has 1 amide bonds. The fraction of sp³-hybridized carbons (Fsp3) is 0.529. The highest BCUT2D eigenvalue weighted by Gasteiger charge is 2.32. The quantitative estimate of drug-likeness (QED) is 0.807. The van der Waals surface area contributed by atoms with Gasteiger partial charge in [0.25, 0.3) is 0 Å². The van der Waals surface area contributed by atoms with Gasteiger partial charge in [0, 0.05) is 18.8 Å². The Morgan fingerprint density at radius 2 is 2.08 bits per heavy atom. The molecule has 1 saturated heterocycles. The molecule has 1 aromatic carbocycles. The fourth-order valence-corrected chi connectivity index (χ4v) is 3.18. The van der Waals surface area contributed by atoms with Gasteiger partial charge < -0.3 is 4.90 Å². The summed E-state index contributed by atoms with van der Waals surface area (Å²) in [5.74, 6) is 0.966. The summed E-state index contributed by atoms with van der Waals surface area (Å²) in [6.45, 7) is 4.25. The summed E-state index contributed by atoms with van der Waals surface area (Å²) in [4.78, 5) is 16.9. The van der Waals surface area contributed by atoms with Gasteiger partial charge in [0.2, 0.25) is 5.91 Å². The summed E-state index contributed by atoms with van der Waals surface area (Å²) in [7, 11) is 1.97. The lowest BCUT2D eigenvalue weighted by atomic mass is 10.0. The van der Waals surface area contributed by atoms with Crippen molar-refractivity contribution in [3.63, 3.8) is 0 Å². The zero-order valence-corrected chi connectivity index (χ0v) is 14.3. The molecule has 1 aromatic heterocycles.